The molecule has 9 unspecified atom stereocenters. The van der Waals surface area contributed by atoms with E-state index < -0.39 is 120 Å². The van der Waals surface area contributed by atoms with E-state index in [-0.39, 0.29) is 57.2 Å². The van der Waals surface area contributed by atoms with Gasteiger partial charge in [-0.15, -0.1) is 0 Å². The Morgan fingerprint density at radius 3 is 2.10 bits per heavy atom. The molecule has 0 saturated carbocycles. The first-order chi connectivity index (χ1) is 34.7. The van der Waals surface area contributed by atoms with Gasteiger partial charge in [-0.2, -0.15) is 0 Å². The summed E-state index contributed by atoms with van der Waals surface area (Å²) in [6, 6.07) is 4.38. The molecule has 2 bridgehead atoms. The third kappa shape index (κ3) is 17.8. The van der Waals surface area contributed by atoms with Crippen molar-refractivity contribution < 1.29 is 63.2 Å². The second-order valence-corrected chi connectivity index (χ2v) is 19.3. The van der Waals surface area contributed by atoms with Gasteiger partial charge in [-0.3, -0.25) is 38.4 Å². The molecule has 73 heavy (non-hydrogen) atoms. The highest BCUT2D eigenvalue weighted by Crippen LogP contribution is 2.26. The molecule has 2 heterocycles. The molecule has 402 valence electrons. The Hall–Kier alpha value is -6.61. The molecule has 7 amide bonds. The SMILES string of the molecule is CCCCCCCC(=O)NC(CCC(=O)O)C(=O)NC1C(=O)NC(CCCCN)C(=O)NC2CCC(O)N(C2=O)C(Cc2ccccc2)C(=O)N(C)C(Cc2ccc(O)cc2)C(=O)NC(C(C)C)C(=O)OC1C. The van der Waals surface area contributed by atoms with Crippen molar-refractivity contribution in [3.05, 3.63) is 65.7 Å². The first-order valence-electron chi connectivity index (χ1n) is 25.5. The van der Waals surface area contributed by atoms with Crippen LogP contribution in [0.5, 0.6) is 5.75 Å². The number of carboxylic acids is 1. The predicted octanol–water partition coefficient (Wildman–Crippen LogP) is 1.69. The van der Waals surface area contributed by atoms with Gasteiger partial charge in [-0.05, 0) is 87.6 Å². The highest BCUT2D eigenvalue weighted by atomic mass is 16.5. The third-order valence-corrected chi connectivity index (χ3v) is 13.2. The van der Waals surface area contributed by atoms with Gasteiger partial charge in [0.1, 0.15) is 60.4 Å². The van der Waals surface area contributed by atoms with Crippen molar-refractivity contribution in [2.24, 2.45) is 11.7 Å². The smallest absolute Gasteiger partial charge is 0.329 e. The lowest BCUT2D eigenvalue weighted by Crippen LogP contribution is -2.65. The number of aromatic hydroxyl groups is 1. The highest BCUT2D eigenvalue weighted by molar-refractivity contribution is 5.98. The number of aliphatic hydroxyl groups excluding tert-OH is 1. The van der Waals surface area contributed by atoms with E-state index in [1.54, 1.807) is 56.3 Å². The number of carbonyl (C=O) groups is 9. The third-order valence-electron chi connectivity index (χ3n) is 13.2. The number of fused-ring (bicyclic) bond motifs is 2. The maximum Gasteiger partial charge on any atom is 0.329 e. The number of nitrogens with two attached hydrogens (primary N) is 1. The Morgan fingerprint density at radius 1 is 0.795 bits per heavy atom. The number of nitrogens with one attached hydrogen (secondary N) is 5. The minimum absolute atomic E-state index is 0.0177. The average molecular weight is 1020 g/mol. The number of phenolic OH excluding ortho intramolecular Hbond substituents is 1. The summed E-state index contributed by atoms with van der Waals surface area (Å²) in [7, 11) is 1.36. The van der Waals surface area contributed by atoms with Gasteiger partial charge in [0.2, 0.25) is 41.4 Å². The summed E-state index contributed by atoms with van der Waals surface area (Å²) in [5, 5.41) is 44.4. The Kier molecular flexibility index (Phi) is 23.6. The maximum atomic E-state index is 15.1. The molecule has 2 saturated heterocycles. The number of carbonyl (C=O) groups excluding carboxylic acids is 8. The van der Waals surface area contributed by atoms with Gasteiger partial charge in [0, 0.05) is 32.7 Å². The van der Waals surface area contributed by atoms with Crippen LogP contribution in [0, 0.1) is 5.92 Å². The Labute approximate surface area is 427 Å². The van der Waals surface area contributed by atoms with Crippen LogP contribution in [0.15, 0.2) is 54.6 Å². The molecule has 0 spiro atoms. The van der Waals surface area contributed by atoms with Crippen LogP contribution in [0.4, 0.5) is 0 Å². The Bertz CT molecular complexity index is 2200. The summed E-state index contributed by atoms with van der Waals surface area (Å²) in [6.07, 6.45) is 0.514. The molecule has 2 aliphatic heterocycles. The number of nitrogens with zero attached hydrogens (tertiary/aromatic N) is 2. The number of aliphatic carboxylic acids is 1. The number of carboxylic acid groups (broad SMARTS) is 1. The lowest BCUT2D eigenvalue weighted by atomic mass is 9.95. The first kappa shape index (κ1) is 59.0. The number of benzene rings is 2. The Morgan fingerprint density at radius 2 is 1.45 bits per heavy atom. The standard InChI is InChI=1S/C52H76N8O13/c1-6-7-8-9-13-19-41(62)54-37(25-27-43(64)65)47(67)58-45-32(4)73-52(72)44(31(2)3)57-48(68)39(29-34-20-22-35(61)23-21-34)59(5)51(71)40(30-33-16-11-10-12-17-33)60-42(63)26-24-38(50(60)70)56-46(66)36(55-49(45)69)18-14-15-28-53/h10-12,16-17,20-23,31-32,36-40,42,44-45,61,63H,6-9,13-15,18-19,24-30,53H2,1-5H3,(H,54,62)(H,55,69)(H,56,66)(H,57,68)(H,58,67)(H,64,65). The molecule has 0 radical (unpaired) electrons. The number of amides is 7. The second kappa shape index (κ2) is 29.2. The van der Waals surface area contributed by atoms with Crippen molar-refractivity contribution >= 4 is 53.3 Å². The van der Waals surface area contributed by atoms with Gasteiger partial charge in [-0.1, -0.05) is 88.9 Å². The molecule has 21 heteroatoms. The van der Waals surface area contributed by atoms with Crippen LogP contribution in [0.2, 0.25) is 0 Å². The molecule has 2 aromatic rings. The Balaban J connectivity index is 1.84. The molecule has 9 atom stereocenters. The number of likely N-dealkylation sites (N-methyl/N-ethyl adjacent to an activating group) is 1. The minimum atomic E-state index is -1.79. The molecule has 2 aliphatic rings. The van der Waals surface area contributed by atoms with E-state index >= 15 is 4.79 Å². The number of cyclic esters (lactones) is 1. The van der Waals surface area contributed by atoms with Gasteiger partial charge >= 0.3 is 11.9 Å². The van der Waals surface area contributed by atoms with E-state index in [2.05, 4.69) is 26.6 Å². The summed E-state index contributed by atoms with van der Waals surface area (Å²) in [4.78, 5) is 129. The topological polar surface area (TPSA) is 316 Å². The lowest BCUT2D eigenvalue weighted by molar-refractivity contribution is -0.165. The van der Waals surface area contributed by atoms with Crippen LogP contribution in [0.25, 0.3) is 0 Å². The normalized spacial score (nSPS) is 24.0. The first-order valence-corrected chi connectivity index (χ1v) is 25.5. The molecule has 0 aromatic heterocycles. The molecule has 10 N–H and O–H groups in total. The number of piperidine rings is 1. The largest absolute Gasteiger partial charge is 0.508 e. The van der Waals surface area contributed by atoms with Crippen molar-refractivity contribution in [3.8, 4) is 5.75 Å². The maximum absolute atomic E-state index is 15.1. The van der Waals surface area contributed by atoms with Gasteiger partial charge < -0.3 is 62.2 Å². The van der Waals surface area contributed by atoms with Crippen LogP contribution >= 0.6 is 0 Å². The number of hydrogen-bond acceptors (Lipinski definition) is 13. The van der Waals surface area contributed by atoms with E-state index in [4.69, 9.17) is 10.5 Å². The van der Waals surface area contributed by atoms with Crippen LogP contribution in [0.3, 0.4) is 0 Å². The van der Waals surface area contributed by atoms with E-state index in [9.17, 15) is 53.7 Å². The van der Waals surface area contributed by atoms with Crippen molar-refractivity contribution in [1.29, 1.82) is 0 Å². The summed E-state index contributed by atoms with van der Waals surface area (Å²) in [6.45, 7) is 6.80. The van der Waals surface area contributed by atoms with E-state index in [1.807, 2.05) is 6.92 Å². The number of unbranched alkanes of at least 4 members (excludes halogenated alkanes) is 5. The van der Waals surface area contributed by atoms with Crippen LogP contribution in [-0.4, -0.2) is 147 Å². The number of esters is 1. The van der Waals surface area contributed by atoms with Gasteiger partial charge in [0.05, 0.1) is 0 Å². The van der Waals surface area contributed by atoms with Crippen LogP contribution < -0.4 is 32.3 Å². The molecule has 2 fully saturated rings. The summed E-state index contributed by atoms with van der Waals surface area (Å²) >= 11 is 0. The zero-order chi connectivity index (χ0) is 53.8. The second-order valence-electron chi connectivity index (χ2n) is 19.3. The zero-order valence-corrected chi connectivity index (χ0v) is 42.7. The summed E-state index contributed by atoms with van der Waals surface area (Å²) in [5.74, 6) is -8.82. The fourth-order valence-electron chi connectivity index (χ4n) is 8.90. The van der Waals surface area contributed by atoms with Gasteiger partial charge in [0.15, 0.2) is 0 Å². The molecule has 21 nitrogen and oxygen atoms in total. The number of ether oxygens (including phenoxy) is 1. The van der Waals surface area contributed by atoms with Crippen molar-refractivity contribution in [2.45, 2.75) is 179 Å². The average Bonchev–Trinajstić information content (AvgIpc) is 3.35. The fourth-order valence-corrected chi connectivity index (χ4v) is 8.90. The van der Waals surface area contributed by atoms with Gasteiger partial charge in [-0.25, -0.2) is 4.79 Å². The predicted molar refractivity (Wildman–Crippen MR) is 268 cm³/mol. The molecular weight excluding hydrogens is 945 g/mol. The van der Waals surface area contributed by atoms with E-state index in [0.717, 1.165) is 35.5 Å². The van der Waals surface area contributed by atoms with Crippen molar-refractivity contribution in [2.75, 3.05) is 13.6 Å². The number of aliphatic hydroxyl groups is 1. The monoisotopic (exact) mass is 1020 g/mol. The van der Waals surface area contributed by atoms with Crippen LogP contribution in [-0.2, 0) is 60.7 Å². The van der Waals surface area contributed by atoms with Gasteiger partial charge in [0.25, 0.3) is 0 Å². The summed E-state index contributed by atoms with van der Waals surface area (Å²) in [5.41, 5.74) is 6.89. The summed E-state index contributed by atoms with van der Waals surface area (Å²) < 4.78 is 5.89. The molecule has 4 rings (SSSR count). The molecule has 2 aromatic carbocycles. The number of phenols is 1. The van der Waals surface area contributed by atoms with E-state index in [0.29, 0.717) is 30.4 Å². The molecular formula is C52H76N8O13. The minimum Gasteiger partial charge on any atom is -0.508 e. The van der Waals surface area contributed by atoms with E-state index in [1.165, 1.54) is 26.1 Å². The van der Waals surface area contributed by atoms with Crippen molar-refractivity contribution in [3.63, 3.8) is 0 Å². The molecule has 0 aliphatic carbocycles. The van der Waals surface area contributed by atoms with Crippen molar-refractivity contribution in [1.82, 2.24) is 36.4 Å². The number of hydrogen-bond donors (Lipinski definition) is 9. The quantitative estimate of drug-likeness (QED) is 0.0636. The lowest BCUT2D eigenvalue weighted by Gasteiger charge is -2.43. The van der Waals surface area contributed by atoms with Crippen LogP contribution in [0.1, 0.15) is 122 Å². The zero-order valence-electron chi connectivity index (χ0n) is 42.7. The highest BCUT2D eigenvalue weighted by Gasteiger charge is 2.46. The fraction of sp³-hybridized carbons (Fsp3) is 0.596. The number of rotatable bonds is 21.